The summed E-state index contributed by atoms with van der Waals surface area (Å²) in [5, 5.41) is 0.632. The fourth-order valence-electron chi connectivity index (χ4n) is 4.46. The van der Waals surface area contributed by atoms with Crippen LogP contribution in [0.15, 0.2) is 48.5 Å². The third-order valence-corrected chi connectivity index (χ3v) is 7.23. The van der Waals surface area contributed by atoms with E-state index in [2.05, 4.69) is 12.1 Å². The number of halogens is 1. The maximum atomic E-state index is 12.8. The van der Waals surface area contributed by atoms with Crippen molar-refractivity contribution in [3.05, 3.63) is 70.2 Å². The van der Waals surface area contributed by atoms with Crippen LogP contribution in [0.25, 0.3) is 0 Å². The maximum absolute atomic E-state index is 12.8. The molecule has 0 spiro atoms. The van der Waals surface area contributed by atoms with Crippen molar-refractivity contribution in [3.8, 4) is 0 Å². The number of carbonyl (C=O) groups is 2. The van der Waals surface area contributed by atoms with E-state index in [4.69, 9.17) is 17.3 Å². The highest BCUT2D eigenvalue weighted by Gasteiger charge is 2.36. The SMILES string of the molecule is CN(C(=O)c1ccc(Cl)cc1)C1CCC(c2ccc(C(C)(C(N)=O)N(C)C)cc2)CC1. The molecule has 0 bridgehead atoms. The minimum Gasteiger partial charge on any atom is -0.368 e. The summed E-state index contributed by atoms with van der Waals surface area (Å²) in [5.74, 6) is 0.140. The Labute approximate surface area is 190 Å². The molecule has 2 aromatic carbocycles. The van der Waals surface area contributed by atoms with Crippen LogP contribution in [0.1, 0.15) is 60.0 Å². The molecule has 2 amide bonds. The quantitative estimate of drug-likeness (QED) is 0.722. The van der Waals surface area contributed by atoms with Gasteiger partial charge in [-0.05, 0) is 88.0 Å². The summed E-state index contributed by atoms with van der Waals surface area (Å²) in [7, 11) is 5.62. The van der Waals surface area contributed by atoms with Crippen molar-refractivity contribution in [2.24, 2.45) is 5.73 Å². The predicted octanol–water partition coefficient (Wildman–Crippen LogP) is 4.40. The Morgan fingerprint density at radius 2 is 1.48 bits per heavy atom. The first-order valence-electron chi connectivity index (χ1n) is 10.7. The highest BCUT2D eigenvalue weighted by atomic mass is 35.5. The Morgan fingerprint density at radius 3 is 1.97 bits per heavy atom. The Kier molecular flexibility index (Phi) is 7.07. The van der Waals surface area contributed by atoms with Crippen LogP contribution >= 0.6 is 11.6 Å². The Hall–Kier alpha value is -2.37. The first kappa shape index (κ1) is 23.3. The maximum Gasteiger partial charge on any atom is 0.253 e. The summed E-state index contributed by atoms with van der Waals surface area (Å²) in [6, 6.07) is 15.6. The highest BCUT2D eigenvalue weighted by Crippen LogP contribution is 2.36. The predicted molar refractivity (Wildman–Crippen MR) is 125 cm³/mol. The molecule has 5 nitrogen and oxygen atoms in total. The monoisotopic (exact) mass is 441 g/mol. The van der Waals surface area contributed by atoms with Gasteiger partial charge < -0.3 is 10.6 Å². The fourth-order valence-corrected chi connectivity index (χ4v) is 4.59. The second kappa shape index (κ2) is 9.41. The molecule has 0 radical (unpaired) electrons. The molecule has 6 heteroatoms. The number of rotatable bonds is 6. The number of hydrogen-bond donors (Lipinski definition) is 1. The minimum atomic E-state index is -0.832. The molecule has 2 aromatic rings. The number of hydrogen-bond acceptors (Lipinski definition) is 3. The van der Waals surface area contributed by atoms with E-state index >= 15 is 0 Å². The zero-order valence-electron chi connectivity index (χ0n) is 18.8. The number of amides is 2. The van der Waals surface area contributed by atoms with Gasteiger partial charge >= 0.3 is 0 Å². The van der Waals surface area contributed by atoms with Crippen LogP contribution in [0.5, 0.6) is 0 Å². The first-order chi connectivity index (χ1) is 14.6. The summed E-state index contributed by atoms with van der Waals surface area (Å²) in [5.41, 5.74) is 7.70. The van der Waals surface area contributed by atoms with Gasteiger partial charge in [0.2, 0.25) is 5.91 Å². The fraction of sp³-hybridized carbons (Fsp3) is 0.440. The molecule has 1 aliphatic rings. The van der Waals surface area contributed by atoms with Crippen LogP contribution in [0.2, 0.25) is 5.02 Å². The van der Waals surface area contributed by atoms with Crippen LogP contribution in [0.3, 0.4) is 0 Å². The lowest BCUT2D eigenvalue weighted by molar-refractivity contribution is -0.128. The van der Waals surface area contributed by atoms with E-state index in [1.807, 2.05) is 50.0 Å². The summed E-state index contributed by atoms with van der Waals surface area (Å²) in [4.78, 5) is 28.6. The van der Waals surface area contributed by atoms with E-state index in [0.29, 0.717) is 16.5 Å². The summed E-state index contributed by atoms with van der Waals surface area (Å²) < 4.78 is 0. The van der Waals surface area contributed by atoms with E-state index in [1.54, 1.807) is 24.3 Å². The van der Waals surface area contributed by atoms with Gasteiger partial charge in [0.05, 0.1) is 0 Å². The van der Waals surface area contributed by atoms with Gasteiger partial charge in [0.1, 0.15) is 5.54 Å². The van der Waals surface area contributed by atoms with Gasteiger partial charge in [-0.1, -0.05) is 35.9 Å². The van der Waals surface area contributed by atoms with Gasteiger partial charge in [0.15, 0.2) is 0 Å². The molecular formula is C25H32ClN3O2. The number of primary amides is 1. The molecule has 1 aliphatic carbocycles. The summed E-state index contributed by atoms with van der Waals surface area (Å²) in [6.07, 6.45) is 4.00. The highest BCUT2D eigenvalue weighted by molar-refractivity contribution is 6.30. The molecule has 0 saturated heterocycles. The molecule has 2 N–H and O–H groups in total. The average molecular weight is 442 g/mol. The molecule has 1 fully saturated rings. The van der Waals surface area contributed by atoms with E-state index in [-0.39, 0.29) is 17.9 Å². The second-order valence-electron chi connectivity index (χ2n) is 8.88. The largest absolute Gasteiger partial charge is 0.368 e. The number of benzene rings is 2. The molecule has 1 saturated carbocycles. The summed E-state index contributed by atoms with van der Waals surface area (Å²) >= 11 is 5.93. The lowest BCUT2D eigenvalue weighted by atomic mass is 9.80. The van der Waals surface area contributed by atoms with Crippen LogP contribution in [-0.2, 0) is 10.3 Å². The molecule has 166 valence electrons. The molecule has 1 atom stereocenters. The van der Waals surface area contributed by atoms with Gasteiger partial charge in [-0.25, -0.2) is 0 Å². The standard InChI is InChI=1S/C25H32ClN3O2/c1-25(24(27)31,28(2)3)20-11-5-17(6-12-20)18-9-15-22(16-10-18)29(4)23(30)19-7-13-21(26)14-8-19/h5-8,11-14,18,22H,9-10,15-16H2,1-4H3,(H2,27,31). The molecule has 0 aromatic heterocycles. The van der Waals surface area contributed by atoms with Crippen LogP contribution in [0, 0.1) is 0 Å². The third-order valence-electron chi connectivity index (χ3n) is 6.97. The molecule has 31 heavy (non-hydrogen) atoms. The van der Waals surface area contributed by atoms with Gasteiger partial charge in [-0.2, -0.15) is 0 Å². The molecule has 3 rings (SSSR count). The van der Waals surface area contributed by atoms with Crippen molar-refractivity contribution in [1.29, 1.82) is 0 Å². The topological polar surface area (TPSA) is 66.6 Å². The van der Waals surface area contributed by atoms with Crippen LogP contribution in [-0.4, -0.2) is 48.8 Å². The number of likely N-dealkylation sites (N-methyl/N-ethyl adjacent to an activating group) is 1. The smallest absolute Gasteiger partial charge is 0.253 e. The van der Waals surface area contributed by atoms with E-state index in [0.717, 1.165) is 31.2 Å². The van der Waals surface area contributed by atoms with Gasteiger partial charge in [0.25, 0.3) is 5.91 Å². The van der Waals surface area contributed by atoms with Crippen LogP contribution in [0.4, 0.5) is 0 Å². The normalized spacial score (nSPS) is 20.8. The van der Waals surface area contributed by atoms with Crippen molar-refractivity contribution in [2.45, 2.75) is 50.1 Å². The van der Waals surface area contributed by atoms with Crippen molar-refractivity contribution < 1.29 is 9.59 Å². The Bertz CT molecular complexity index is 919. The molecular weight excluding hydrogens is 410 g/mol. The number of nitrogens with two attached hydrogens (primary N) is 1. The van der Waals surface area contributed by atoms with Crippen LogP contribution < -0.4 is 5.73 Å². The van der Waals surface area contributed by atoms with Gasteiger partial charge in [-0.15, -0.1) is 0 Å². The molecule has 0 aliphatic heterocycles. The third kappa shape index (κ3) is 4.78. The average Bonchev–Trinajstić information content (AvgIpc) is 2.78. The Morgan fingerprint density at radius 1 is 0.935 bits per heavy atom. The Balaban J connectivity index is 1.63. The van der Waals surface area contributed by atoms with Gasteiger partial charge in [0, 0.05) is 23.7 Å². The van der Waals surface area contributed by atoms with Crippen molar-refractivity contribution in [1.82, 2.24) is 9.80 Å². The zero-order valence-corrected chi connectivity index (χ0v) is 19.5. The first-order valence-corrected chi connectivity index (χ1v) is 11.1. The second-order valence-corrected chi connectivity index (χ2v) is 9.32. The van der Waals surface area contributed by atoms with E-state index in [1.165, 1.54) is 5.56 Å². The number of nitrogens with zero attached hydrogens (tertiary/aromatic N) is 2. The zero-order chi connectivity index (χ0) is 22.8. The molecule has 1 unspecified atom stereocenters. The lowest BCUT2D eigenvalue weighted by Gasteiger charge is -2.36. The summed E-state index contributed by atoms with van der Waals surface area (Å²) in [6.45, 7) is 1.85. The lowest BCUT2D eigenvalue weighted by Crippen LogP contribution is -2.49. The minimum absolute atomic E-state index is 0.0406. The van der Waals surface area contributed by atoms with Crippen molar-refractivity contribution in [2.75, 3.05) is 21.1 Å². The van der Waals surface area contributed by atoms with E-state index < -0.39 is 5.54 Å². The van der Waals surface area contributed by atoms with Gasteiger partial charge in [-0.3, -0.25) is 14.5 Å². The number of carbonyl (C=O) groups excluding carboxylic acids is 2. The van der Waals surface area contributed by atoms with Crippen molar-refractivity contribution in [3.63, 3.8) is 0 Å². The van der Waals surface area contributed by atoms with Crippen molar-refractivity contribution >= 4 is 23.4 Å². The molecule has 0 heterocycles. The van der Waals surface area contributed by atoms with E-state index in [9.17, 15) is 9.59 Å².